The van der Waals surface area contributed by atoms with Crippen LogP contribution in [0.15, 0.2) is 77.7 Å². The van der Waals surface area contributed by atoms with Crippen molar-refractivity contribution >= 4 is 33.2 Å². The lowest BCUT2D eigenvalue weighted by Gasteiger charge is -2.25. The number of rotatable bonds is 7. The third-order valence-corrected chi connectivity index (χ3v) is 8.47. The molecule has 7 nitrogen and oxygen atoms in total. The van der Waals surface area contributed by atoms with Crippen molar-refractivity contribution in [3.8, 4) is 0 Å². The Hall–Kier alpha value is -3.86. The lowest BCUT2D eigenvalue weighted by Crippen LogP contribution is -2.39. The van der Waals surface area contributed by atoms with Gasteiger partial charge in [-0.15, -0.1) is 0 Å². The van der Waals surface area contributed by atoms with Crippen LogP contribution in [0.3, 0.4) is 0 Å². The Morgan fingerprint density at radius 2 is 1.55 bits per heavy atom. The minimum absolute atomic E-state index is 0.181. The van der Waals surface area contributed by atoms with E-state index < -0.39 is 34.2 Å². The molecule has 1 heterocycles. The van der Waals surface area contributed by atoms with E-state index in [1.807, 2.05) is 0 Å². The predicted octanol–water partition coefficient (Wildman–Crippen LogP) is 5.86. The van der Waals surface area contributed by atoms with Crippen LogP contribution >= 0.6 is 0 Å². The number of carbonyl (C=O) groups is 2. The van der Waals surface area contributed by atoms with Crippen LogP contribution in [0.4, 0.5) is 24.5 Å². The molecule has 1 aliphatic rings. The normalized spacial score (nSPS) is 14.3. The van der Waals surface area contributed by atoms with Gasteiger partial charge in [0.25, 0.3) is 15.9 Å². The summed E-state index contributed by atoms with van der Waals surface area (Å²) in [4.78, 5) is 28.1. The van der Waals surface area contributed by atoms with Crippen LogP contribution < -0.4 is 9.62 Å². The van der Waals surface area contributed by atoms with Crippen LogP contribution in [0.5, 0.6) is 0 Å². The third kappa shape index (κ3) is 6.82. The van der Waals surface area contributed by atoms with Gasteiger partial charge >= 0.3 is 6.18 Å². The first-order valence-electron chi connectivity index (χ1n) is 12.9. The molecule has 0 aromatic heterocycles. The highest BCUT2D eigenvalue weighted by atomic mass is 32.2. The summed E-state index contributed by atoms with van der Waals surface area (Å²) in [6, 6.07) is 16.0. The second-order valence-corrected chi connectivity index (χ2v) is 11.5. The van der Waals surface area contributed by atoms with Gasteiger partial charge in [0.05, 0.1) is 27.4 Å². The predicted molar refractivity (Wildman–Crippen MR) is 147 cm³/mol. The van der Waals surface area contributed by atoms with Gasteiger partial charge in [-0.2, -0.15) is 13.2 Å². The molecule has 0 bridgehead atoms. The summed E-state index contributed by atoms with van der Waals surface area (Å²) in [7, 11) is -4.44. The third-order valence-electron chi connectivity index (χ3n) is 6.68. The molecule has 0 aliphatic carbocycles. The fourth-order valence-corrected chi connectivity index (χ4v) is 5.95. The Balaban J connectivity index is 1.65. The fourth-order valence-electron chi connectivity index (χ4n) is 4.53. The van der Waals surface area contributed by atoms with Crippen molar-refractivity contribution in [1.29, 1.82) is 0 Å². The summed E-state index contributed by atoms with van der Waals surface area (Å²) < 4.78 is 68.2. The summed E-state index contributed by atoms with van der Waals surface area (Å²) in [5.41, 5.74) is -0.140. The molecular formula is C29H30F3N3O4S. The minimum Gasteiger partial charge on any atom is -0.339 e. The average Bonchev–Trinajstić information content (AvgIpc) is 3.21. The van der Waals surface area contributed by atoms with Crippen molar-refractivity contribution in [2.24, 2.45) is 0 Å². The van der Waals surface area contributed by atoms with Crippen LogP contribution in [0.2, 0.25) is 0 Å². The molecule has 1 aliphatic heterocycles. The standard InChI is InChI=1S/C29H30F3N3O4S/c1-21-13-15-24(16-14-21)40(38,39)35(23-10-8-9-22(19-23)29(30,31)32)20-27(36)33-26-12-5-4-11-25(26)28(37)34-17-6-2-3-7-18-34/h4-5,8-16,19H,2-3,6-7,17-18,20H2,1H3,(H,33,36). The van der Waals surface area contributed by atoms with E-state index in [9.17, 15) is 31.2 Å². The maximum absolute atomic E-state index is 13.6. The monoisotopic (exact) mass is 573 g/mol. The molecule has 0 atom stereocenters. The van der Waals surface area contributed by atoms with E-state index in [2.05, 4.69) is 5.32 Å². The van der Waals surface area contributed by atoms with E-state index in [-0.39, 0.29) is 27.7 Å². The average molecular weight is 574 g/mol. The summed E-state index contributed by atoms with van der Waals surface area (Å²) in [6.45, 7) is 2.14. The number of hydrogen-bond donors (Lipinski definition) is 1. The first-order chi connectivity index (χ1) is 19.0. The number of benzene rings is 3. The van der Waals surface area contributed by atoms with E-state index in [0.717, 1.165) is 43.4 Å². The smallest absolute Gasteiger partial charge is 0.339 e. The molecule has 40 heavy (non-hydrogen) atoms. The maximum Gasteiger partial charge on any atom is 0.416 e. The van der Waals surface area contributed by atoms with E-state index in [1.54, 1.807) is 42.2 Å². The highest BCUT2D eigenvalue weighted by molar-refractivity contribution is 7.92. The Labute approximate surface area is 231 Å². The molecule has 1 saturated heterocycles. The number of aryl methyl sites for hydroxylation is 1. The van der Waals surface area contributed by atoms with E-state index in [0.29, 0.717) is 23.5 Å². The molecule has 1 N–H and O–H groups in total. The van der Waals surface area contributed by atoms with Crippen molar-refractivity contribution in [3.05, 3.63) is 89.5 Å². The molecule has 0 unspecified atom stereocenters. The Morgan fingerprint density at radius 3 is 2.20 bits per heavy atom. The zero-order valence-corrected chi connectivity index (χ0v) is 22.8. The number of amides is 2. The van der Waals surface area contributed by atoms with Crippen molar-refractivity contribution < 1.29 is 31.2 Å². The van der Waals surface area contributed by atoms with Crippen molar-refractivity contribution in [1.82, 2.24) is 4.90 Å². The van der Waals surface area contributed by atoms with Gasteiger partial charge in [-0.25, -0.2) is 8.42 Å². The van der Waals surface area contributed by atoms with E-state index in [4.69, 9.17) is 0 Å². The lowest BCUT2D eigenvalue weighted by atomic mass is 10.1. The summed E-state index contributed by atoms with van der Waals surface area (Å²) in [5, 5.41) is 2.61. The second kappa shape index (κ2) is 12.1. The van der Waals surface area contributed by atoms with Crippen LogP contribution in [-0.4, -0.2) is 44.8 Å². The topological polar surface area (TPSA) is 86.8 Å². The molecule has 0 spiro atoms. The van der Waals surface area contributed by atoms with Gasteiger partial charge in [-0.1, -0.05) is 48.7 Å². The highest BCUT2D eigenvalue weighted by Crippen LogP contribution is 2.33. The summed E-state index contributed by atoms with van der Waals surface area (Å²) in [6.07, 6.45) is -0.900. The zero-order valence-electron chi connectivity index (χ0n) is 21.9. The molecular weight excluding hydrogens is 543 g/mol. The molecule has 0 radical (unpaired) electrons. The van der Waals surface area contributed by atoms with Gasteiger partial charge in [-0.3, -0.25) is 13.9 Å². The van der Waals surface area contributed by atoms with Crippen molar-refractivity contribution in [2.45, 2.75) is 43.7 Å². The zero-order chi connectivity index (χ0) is 28.9. The largest absolute Gasteiger partial charge is 0.416 e. The Morgan fingerprint density at radius 1 is 0.900 bits per heavy atom. The van der Waals surface area contributed by atoms with Crippen molar-refractivity contribution in [3.63, 3.8) is 0 Å². The van der Waals surface area contributed by atoms with Crippen LogP contribution in [0.25, 0.3) is 0 Å². The first-order valence-corrected chi connectivity index (χ1v) is 14.4. The molecule has 2 amide bonds. The number of hydrogen-bond acceptors (Lipinski definition) is 4. The first kappa shape index (κ1) is 29.1. The number of likely N-dealkylation sites (tertiary alicyclic amines) is 1. The minimum atomic E-state index is -4.72. The molecule has 11 heteroatoms. The summed E-state index contributed by atoms with van der Waals surface area (Å²) >= 11 is 0. The number of alkyl halides is 3. The van der Waals surface area contributed by atoms with Crippen LogP contribution in [0.1, 0.15) is 47.2 Å². The van der Waals surface area contributed by atoms with Gasteiger partial charge in [0.1, 0.15) is 6.54 Å². The molecule has 4 rings (SSSR count). The van der Waals surface area contributed by atoms with E-state index >= 15 is 0 Å². The number of halogens is 3. The molecule has 1 fully saturated rings. The number of sulfonamides is 1. The van der Waals surface area contributed by atoms with Gasteiger partial charge in [0.15, 0.2) is 0 Å². The fraction of sp³-hybridized carbons (Fsp3) is 0.310. The number of nitrogens with zero attached hydrogens (tertiary/aromatic N) is 2. The number of para-hydroxylation sites is 1. The van der Waals surface area contributed by atoms with Gasteiger partial charge in [0.2, 0.25) is 5.91 Å². The molecule has 0 saturated carbocycles. The molecule has 3 aromatic carbocycles. The van der Waals surface area contributed by atoms with Gasteiger partial charge in [-0.05, 0) is 62.2 Å². The highest BCUT2D eigenvalue weighted by Gasteiger charge is 2.33. The van der Waals surface area contributed by atoms with Crippen LogP contribution in [0, 0.1) is 6.92 Å². The number of carbonyl (C=O) groups excluding carboxylic acids is 2. The van der Waals surface area contributed by atoms with Gasteiger partial charge in [0, 0.05) is 13.1 Å². The number of nitrogens with one attached hydrogen (secondary N) is 1. The maximum atomic E-state index is 13.6. The Bertz CT molecular complexity index is 1470. The second-order valence-electron chi connectivity index (χ2n) is 9.67. The number of anilines is 2. The lowest BCUT2D eigenvalue weighted by molar-refractivity contribution is -0.137. The van der Waals surface area contributed by atoms with Crippen LogP contribution in [-0.2, 0) is 21.0 Å². The Kier molecular flexibility index (Phi) is 8.82. The SMILES string of the molecule is Cc1ccc(S(=O)(=O)N(CC(=O)Nc2ccccc2C(=O)N2CCCCCC2)c2cccc(C(F)(F)F)c2)cc1. The molecule has 3 aromatic rings. The molecule has 212 valence electrons. The van der Waals surface area contributed by atoms with Crippen molar-refractivity contribution in [2.75, 3.05) is 29.3 Å². The van der Waals surface area contributed by atoms with E-state index in [1.165, 1.54) is 24.3 Å². The van der Waals surface area contributed by atoms with Gasteiger partial charge < -0.3 is 10.2 Å². The summed E-state index contributed by atoms with van der Waals surface area (Å²) in [5.74, 6) is -1.07. The quantitative estimate of drug-likeness (QED) is 0.384.